The summed E-state index contributed by atoms with van der Waals surface area (Å²) in [4.78, 5) is 11.9. The van der Waals surface area contributed by atoms with Crippen molar-refractivity contribution in [2.24, 2.45) is 5.73 Å². The van der Waals surface area contributed by atoms with E-state index in [1.807, 2.05) is 26.8 Å². The molecule has 0 fully saturated rings. The van der Waals surface area contributed by atoms with Gasteiger partial charge in [-0.1, -0.05) is 29.3 Å². The first-order chi connectivity index (χ1) is 9.19. The smallest absolute Gasteiger partial charge is 0.220 e. The minimum absolute atomic E-state index is 0. The molecule has 1 amide bonds. The molecule has 0 saturated heterocycles. The van der Waals surface area contributed by atoms with Crippen molar-refractivity contribution in [1.29, 1.82) is 0 Å². The van der Waals surface area contributed by atoms with Gasteiger partial charge in [-0.25, -0.2) is 0 Å². The summed E-state index contributed by atoms with van der Waals surface area (Å²) < 4.78 is 0. The Morgan fingerprint density at radius 2 is 2.00 bits per heavy atom. The van der Waals surface area contributed by atoms with Crippen molar-refractivity contribution in [3.63, 3.8) is 0 Å². The Morgan fingerprint density at radius 1 is 1.38 bits per heavy atom. The molecule has 120 valence electrons. The monoisotopic (exact) mass is 352 g/mol. The van der Waals surface area contributed by atoms with Gasteiger partial charge in [-0.05, 0) is 51.3 Å². The molecule has 0 spiro atoms. The van der Waals surface area contributed by atoms with Crippen LogP contribution in [0.25, 0.3) is 0 Å². The molecule has 0 aliphatic carbocycles. The van der Waals surface area contributed by atoms with Crippen LogP contribution in [-0.4, -0.2) is 17.5 Å². The highest BCUT2D eigenvalue weighted by Gasteiger charge is 2.22. The van der Waals surface area contributed by atoms with Crippen molar-refractivity contribution >= 4 is 41.5 Å². The average Bonchev–Trinajstić information content (AvgIpc) is 2.29. The number of halogens is 3. The third-order valence-corrected chi connectivity index (χ3v) is 3.54. The van der Waals surface area contributed by atoms with Gasteiger partial charge in [0.05, 0.1) is 0 Å². The first-order valence-corrected chi connectivity index (χ1v) is 7.46. The fraction of sp³-hybridized carbons (Fsp3) is 0.533. The molecular weight excluding hydrogens is 331 g/mol. The zero-order valence-electron chi connectivity index (χ0n) is 12.6. The average molecular weight is 354 g/mol. The van der Waals surface area contributed by atoms with E-state index in [0.29, 0.717) is 29.3 Å². The highest BCUT2D eigenvalue weighted by molar-refractivity contribution is 6.35. The predicted molar refractivity (Wildman–Crippen MR) is 92.5 cm³/mol. The van der Waals surface area contributed by atoms with Crippen molar-refractivity contribution in [3.8, 4) is 0 Å². The standard InChI is InChI=1S/C15H22Cl2N2O.ClH/c1-10(18)4-7-14(20)19-15(2,3)9-11-5-6-12(16)8-13(11)17;/h5-6,8,10H,4,7,9,18H2,1-3H3,(H,19,20);1H. The number of benzene rings is 1. The van der Waals surface area contributed by atoms with Gasteiger partial charge in [-0.3, -0.25) is 4.79 Å². The van der Waals surface area contributed by atoms with Crippen LogP contribution in [0.1, 0.15) is 39.2 Å². The van der Waals surface area contributed by atoms with Crippen LogP contribution in [0.5, 0.6) is 0 Å². The Labute approximate surface area is 143 Å². The van der Waals surface area contributed by atoms with Gasteiger partial charge in [0.15, 0.2) is 0 Å². The number of nitrogens with two attached hydrogens (primary N) is 1. The van der Waals surface area contributed by atoms with Gasteiger partial charge in [-0.15, -0.1) is 12.4 Å². The number of nitrogens with one attached hydrogen (secondary N) is 1. The molecule has 3 N–H and O–H groups in total. The molecule has 3 nitrogen and oxygen atoms in total. The van der Waals surface area contributed by atoms with Crippen LogP contribution in [-0.2, 0) is 11.2 Å². The number of carbonyl (C=O) groups excluding carboxylic acids is 1. The van der Waals surface area contributed by atoms with Crippen LogP contribution in [0.4, 0.5) is 0 Å². The van der Waals surface area contributed by atoms with Gasteiger partial charge in [-0.2, -0.15) is 0 Å². The van der Waals surface area contributed by atoms with E-state index in [2.05, 4.69) is 5.32 Å². The Kier molecular flexibility index (Phi) is 8.64. The summed E-state index contributed by atoms with van der Waals surface area (Å²) in [6.07, 6.45) is 1.77. The maximum atomic E-state index is 11.9. The summed E-state index contributed by atoms with van der Waals surface area (Å²) in [6.45, 7) is 5.84. The lowest BCUT2D eigenvalue weighted by molar-refractivity contribution is -0.122. The zero-order valence-corrected chi connectivity index (χ0v) is 14.9. The number of amides is 1. The molecule has 6 heteroatoms. The van der Waals surface area contributed by atoms with Crippen LogP contribution < -0.4 is 11.1 Å². The molecular formula is C15H23Cl3N2O. The number of hydrogen-bond acceptors (Lipinski definition) is 2. The van der Waals surface area contributed by atoms with Crippen LogP contribution in [0.3, 0.4) is 0 Å². The van der Waals surface area contributed by atoms with E-state index in [9.17, 15) is 4.79 Å². The minimum Gasteiger partial charge on any atom is -0.351 e. The van der Waals surface area contributed by atoms with Crippen molar-refractivity contribution < 1.29 is 4.79 Å². The molecule has 0 saturated carbocycles. The largest absolute Gasteiger partial charge is 0.351 e. The predicted octanol–water partition coefficient (Wildman–Crippen LogP) is 3.98. The molecule has 0 aromatic heterocycles. The Bertz CT molecular complexity index is 476. The summed E-state index contributed by atoms with van der Waals surface area (Å²) in [5, 5.41) is 4.25. The topological polar surface area (TPSA) is 55.1 Å². The van der Waals surface area contributed by atoms with Crippen molar-refractivity contribution in [3.05, 3.63) is 33.8 Å². The molecule has 0 aliphatic heterocycles. The van der Waals surface area contributed by atoms with Crippen molar-refractivity contribution in [2.75, 3.05) is 0 Å². The third kappa shape index (κ3) is 7.91. The second kappa shape index (κ2) is 8.84. The van der Waals surface area contributed by atoms with Crippen LogP contribution >= 0.6 is 35.6 Å². The molecule has 0 aliphatic rings. The molecule has 1 unspecified atom stereocenters. The second-order valence-corrected chi connectivity index (χ2v) is 6.70. The fourth-order valence-electron chi connectivity index (χ4n) is 1.98. The van der Waals surface area contributed by atoms with E-state index in [4.69, 9.17) is 28.9 Å². The normalized spacial score (nSPS) is 12.5. The van der Waals surface area contributed by atoms with Crippen LogP contribution in [0, 0.1) is 0 Å². The summed E-state index contributed by atoms with van der Waals surface area (Å²) in [6, 6.07) is 5.44. The summed E-state index contributed by atoms with van der Waals surface area (Å²) in [5.74, 6) is 0.0115. The number of rotatable bonds is 6. The molecule has 0 bridgehead atoms. The third-order valence-electron chi connectivity index (χ3n) is 2.95. The van der Waals surface area contributed by atoms with Crippen LogP contribution in [0.2, 0.25) is 10.0 Å². The van der Waals surface area contributed by atoms with Gasteiger partial charge in [0.25, 0.3) is 0 Å². The first-order valence-electron chi connectivity index (χ1n) is 6.70. The van der Waals surface area contributed by atoms with E-state index >= 15 is 0 Å². The van der Waals surface area contributed by atoms with Gasteiger partial charge in [0, 0.05) is 28.0 Å². The molecule has 1 aromatic carbocycles. The lowest BCUT2D eigenvalue weighted by atomic mass is 9.94. The lowest BCUT2D eigenvalue weighted by Crippen LogP contribution is -2.45. The fourth-order valence-corrected chi connectivity index (χ4v) is 2.46. The Morgan fingerprint density at radius 3 is 2.52 bits per heavy atom. The molecule has 0 radical (unpaired) electrons. The van der Waals surface area contributed by atoms with Crippen molar-refractivity contribution in [2.45, 2.75) is 51.6 Å². The van der Waals surface area contributed by atoms with Crippen molar-refractivity contribution in [1.82, 2.24) is 5.32 Å². The van der Waals surface area contributed by atoms with E-state index in [1.54, 1.807) is 12.1 Å². The van der Waals surface area contributed by atoms with E-state index < -0.39 is 0 Å². The molecule has 1 atom stereocenters. The molecule has 1 rings (SSSR count). The molecule has 1 aromatic rings. The van der Waals surface area contributed by atoms with Gasteiger partial charge < -0.3 is 11.1 Å². The number of hydrogen-bond donors (Lipinski definition) is 2. The Balaban J connectivity index is 0.00000400. The minimum atomic E-state index is -0.369. The lowest BCUT2D eigenvalue weighted by Gasteiger charge is -2.27. The molecule has 0 heterocycles. The maximum absolute atomic E-state index is 11.9. The SMILES string of the molecule is CC(N)CCC(=O)NC(C)(C)Cc1ccc(Cl)cc1Cl.Cl. The summed E-state index contributed by atoms with van der Waals surface area (Å²) in [5.41, 5.74) is 6.25. The summed E-state index contributed by atoms with van der Waals surface area (Å²) >= 11 is 12.0. The maximum Gasteiger partial charge on any atom is 0.220 e. The number of carbonyl (C=O) groups is 1. The van der Waals surface area contributed by atoms with E-state index in [1.165, 1.54) is 0 Å². The second-order valence-electron chi connectivity index (χ2n) is 5.86. The highest BCUT2D eigenvalue weighted by atomic mass is 35.5. The van der Waals surface area contributed by atoms with Gasteiger partial charge >= 0.3 is 0 Å². The van der Waals surface area contributed by atoms with Crippen LogP contribution in [0.15, 0.2) is 18.2 Å². The van der Waals surface area contributed by atoms with E-state index in [-0.39, 0.29) is 29.9 Å². The molecule has 21 heavy (non-hydrogen) atoms. The highest BCUT2D eigenvalue weighted by Crippen LogP contribution is 2.24. The first kappa shape index (κ1) is 20.5. The Hall–Kier alpha value is -0.480. The van der Waals surface area contributed by atoms with Gasteiger partial charge in [0.2, 0.25) is 5.91 Å². The van der Waals surface area contributed by atoms with E-state index in [0.717, 1.165) is 5.56 Å². The zero-order chi connectivity index (χ0) is 15.3. The van der Waals surface area contributed by atoms with Gasteiger partial charge in [0.1, 0.15) is 0 Å². The quantitative estimate of drug-likeness (QED) is 0.812. The summed E-state index contributed by atoms with van der Waals surface area (Å²) in [7, 11) is 0.